The van der Waals surface area contributed by atoms with Crippen LogP contribution in [0.15, 0.2) is 59.8 Å². The number of anilines is 1. The fraction of sp³-hybridized carbons (Fsp3) is 0.136. The number of benzene rings is 2. The van der Waals surface area contributed by atoms with Crippen LogP contribution >= 0.6 is 0 Å². The van der Waals surface area contributed by atoms with Gasteiger partial charge in [0.1, 0.15) is 24.1 Å². The van der Waals surface area contributed by atoms with Gasteiger partial charge in [0.05, 0.1) is 17.6 Å². The highest BCUT2D eigenvalue weighted by molar-refractivity contribution is 6.01. The maximum atomic E-state index is 13.6. The Morgan fingerprint density at radius 1 is 1.09 bits per heavy atom. The average molecular weight is 434 g/mol. The Morgan fingerprint density at radius 2 is 1.81 bits per heavy atom. The molecule has 0 saturated carbocycles. The summed E-state index contributed by atoms with van der Waals surface area (Å²) < 4.78 is 16.2. The molecule has 10 heteroatoms. The quantitative estimate of drug-likeness (QED) is 0.513. The number of imide groups is 1. The molecule has 0 saturated heterocycles. The van der Waals surface area contributed by atoms with E-state index < -0.39 is 29.9 Å². The van der Waals surface area contributed by atoms with Crippen LogP contribution in [0.4, 0.5) is 14.9 Å². The number of hydrogen-bond acceptors (Lipinski definition) is 5. The number of aryl methyl sites for hydroxylation is 2. The lowest BCUT2D eigenvalue weighted by Crippen LogP contribution is -2.38. The second-order valence-corrected chi connectivity index (χ2v) is 7.30. The molecule has 0 aliphatic rings. The lowest BCUT2D eigenvalue weighted by Gasteiger charge is -2.09. The lowest BCUT2D eigenvalue weighted by atomic mass is 10.1. The van der Waals surface area contributed by atoms with Gasteiger partial charge >= 0.3 is 6.03 Å². The van der Waals surface area contributed by atoms with Crippen LogP contribution in [0.25, 0.3) is 16.7 Å². The third-order valence-electron chi connectivity index (χ3n) is 4.69. The molecule has 0 unspecified atom stereocenters. The Morgan fingerprint density at radius 3 is 2.53 bits per heavy atom. The molecular weight excluding hydrogens is 415 g/mol. The molecule has 0 aliphatic carbocycles. The number of urea groups is 1. The van der Waals surface area contributed by atoms with Crippen molar-refractivity contribution >= 4 is 28.7 Å². The van der Waals surface area contributed by atoms with Crippen LogP contribution in [0.3, 0.4) is 0 Å². The summed E-state index contributed by atoms with van der Waals surface area (Å²) in [5.74, 6) is -1.40. The zero-order chi connectivity index (χ0) is 22.8. The molecule has 2 heterocycles. The fourth-order valence-electron chi connectivity index (χ4n) is 3.36. The van der Waals surface area contributed by atoms with E-state index in [1.807, 2.05) is 32.0 Å². The first-order valence-corrected chi connectivity index (χ1v) is 9.69. The molecule has 2 aromatic heterocycles. The molecule has 9 nitrogen and oxygen atoms in total. The molecule has 0 bridgehead atoms. The monoisotopic (exact) mass is 434 g/mol. The van der Waals surface area contributed by atoms with Crippen molar-refractivity contribution in [1.29, 1.82) is 0 Å². The number of amides is 3. The largest absolute Gasteiger partial charge is 0.326 e. The summed E-state index contributed by atoms with van der Waals surface area (Å²) >= 11 is 0. The van der Waals surface area contributed by atoms with Crippen LogP contribution in [-0.4, -0.2) is 31.3 Å². The molecule has 0 fully saturated rings. The molecule has 4 rings (SSSR count). The number of aromatic nitrogens is 4. The van der Waals surface area contributed by atoms with Gasteiger partial charge in [-0.3, -0.25) is 19.5 Å². The molecule has 3 amide bonds. The first-order chi connectivity index (χ1) is 15.3. The zero-order valence-corrected chi connectivity index (χ0v) is 17.3. The summed E-state index contributed by atoms with van der Waals surface area (Å²) in [7, 11) is 0. The Bertz CT molecular complexity index is 1390. The van der Waals surface area contributed by atoms with Gasteiger partial charge in [0.25, 0.3) is 5.56 Å². The maximum absolute atomic E-state index is 13.6. The highest BCUT2D eigenvalue weighted by Gasteiger charge is 2.15. The van der Waals surface area contributed by atoms with Crippen molar-refractivity contribution in [3.8, 4) is 5.69 Å². The molecule has 0 atom stereocenters. The number of carbonyl (C=O) groups excluding carboxylic acids is 2. The third-order valence-corrected chi connectivity index (χ3v) is 4.69. The van der Waals surface area contributed by atoms with E-state index in [9.17, 15) is 18.8 Å². The van der Waals surface area contributed by atoms with Crippen LogP contribution < -0.4 is 16.2 Å². The minimum Gasteiger partial charge on any atom is -0.305 e. The van der Waals surface area contributed by atoms with Gasteiger partial charge in [-0.1, -0.05) is 18.2 Å². The van der Waals surface area contributed by atoms with E-state index in [4.69, 9.17) is 0 Å². The van der Waals surface area contributed by atoms with Gasteiger partial charge in [-0.2, -0.15) is 5.10 Å². The van der Waals surface area contributed by atoms with Gasteiger partial charge in [-0.25, -0.2) is 18.9 Å². The average Bonchev–Trinajstić information content (AvgIpc) is 3.16. The topological polar surface area (TPSA) is 111 Å². The van der Waals surface area contributed by atoms with E-state index in [-0.39, 0.29) is 11.1 Å². The maximum Gasteiger partial charge on any atom is 0.326 e. The Kier molecular flexibility index (Phi) is 5.50. The highest BCUT2D eigenvalue weighted by Crippen LogP contribution is 2.17. The standard InChI is InChI=1S/C22H19FN6O3/c1-13-7-14(2)9-15(8-13)29-20-16(10-25-29)21(31)28(12-24-20)11-19(30)27-22(32)26-18-6-4-3-5-17(18)23/h3-10,12H,11H2,1-2H3,(H2,26,27,30,32). The second-order valence-electron chi connectivity index (χ2n) is 7.30. The number of halogens is 1. The minimum absolute atomic E-state index is 0.0724. The van der Waals surface area contributed by atoms with Gasteiger partial charge in [-0.05, 0) is 49.2 Å². The lowest BCUT2D eigenvalue weighted by molar-refractivity contribution is -0.120. The Balaban J connectivity index is 1.52. The third kappa shape index (κ3) is 4.24. The summed E-state index contributed by atoms with van der Waals surface area (Å²) in [6.45, 7) is 3.48. The number of carbonyl (C=O) groups is 2. The molecule has 4 aromatic rings. The molecule has 0 radical (unpaired) electrons. The molecule has 0 spiro atoms. The van der Waals surface area contributed by atoms with E-state index in [1.54, 1.807) is 10.7 Å². The van der Waals surface area contributed by atoms with Crippen molar-refractivity contribution in [2.75, 3.05) is 5.32 Å². The van der Waals surface area contributed by atoms with Gasteiger partial charge in [-0.15, -0.1) is 0 Å². The predicted octanol–water partition coefficient (Wildman–Crippen LogP) is 2.69. The summed E-state index contributed by atoms with van der Waals surface area (Å²) in [4.78, 5) is 41.3. The summed E-state index contributed by atoms with van der Waals surface area (Å²) in [5.41, 5.74) is 2.66. The van der Waals surface area contributed by atoms with Gasteiger partial charge < -0.3 is 5.32 Å². The van der Waals surface area contributed by atoms with Crippen molar-refractivity contribution in [3.05, 3.63) is 82.3 Å². The number of para-hydroxylation sites is 1. The molecular formula is C22H19FN6O3. The Labute approximate surface area is 181 Å². The highest BCUT2D eigenvalue weighted by atomic mass is 19.1. The van der Waals surface area contributed by atoms with Crippen LogP contribution in [0.5, 0.6) is 0 Å². The van der Waals surface area contributed by atoms with Gasteiger partial charge in [0, 0.05) is 0 Å². The van der Waals surface area contributed by atoms with E-state index in [0.29, 0.717) is 5.65 Å². The van der Waals surface area contributed by atoms with E-state index in [0.717, 1.165) is 21.4 Å². The van der Waals surface area contributed by atoms with Crippen LogP contribution in [0.1, 0.15) is 11.1 Å². The van der Waals surface area contributed by atoms with E-state index in [2.05, 4.69) is 20.7 Å². The second kappa shape index (κ2) is 8.42. The number of hydrogen-bond donors (Lipinski definition) is 2. The van der Waals surface area contributed by atoms with Crippen molar-refractivity contribution in [2.45, 2.75) is 20.4 Å². The first-order valence-electron chi connectivity index (χ1n) is 9.69. The number of nitrogens with one attached hydrogen (secondary N) is 2. The zero-order valence-electron chi connectivity index (χ0n) is 17.3. The van der Waals surface area contributed by atoms with Crippen molar-refractivity contribution in [3.63, 3.8) is 0 Å². The predicted molar refractivity (Wildman–Crippen MR) is 116 cm³/mol. The van der Waals surface area contributed by atoms with Crippen molar-refractivity contribution in [2.24, 2.45) is 0 Å². The fourth-order valence-corrected chi connectivity index (χ4v) is 3.36. The smallest absolute Gasteiger partial charge is 0.305 e. The number of fused-ring (bicyclic) bond motifs is 1. The van der Waals surface area contributed by atoms with Crippen LogP contribution in [0, 0.1) is 19.7 Å². The summed E-state index contributed by atoms with van der Waals surface area (Å²) in [5, 5.41) is 8.80. The van der Waals surface area contributed by atoms with Crippen LogP contribution in [-0.2, 0) is 11.3 Å². The van der Waals surface area contributed by atoms with Gasteiger partial charge in [0.15, 0.2) is 5.65 Å². The van der Waals surface area contributed by atoms with E-state index in [1.165, 1.54) is 30.7 Å². The summed E-state index contributed by atoms with van der Waals surface area (Å²) in [6.07, 6.45) is 2.61. The summed E-state index contributed by atoms with van der Waals surface area (Å²) in [6, 6.07) is 10.5. The molecule has 2 N–H and O–H groups in total. The van der Waals surface area contributed by atoms with Crippen molar-refractivity contribution < 1.29 is 14.0 Å². The molecule has 0 aliphatic heterocycles. The van der Waals surface area contributed by atoms with Crippen molar-refractivity contribution in [1.82, 2.24) is 24.6 Å². The molecule has 2 aromatic carbocycles. The van der Waals surface area contributed by atoms with Crippen LogP contribution in [0.2, 0.25) is 0 Å². The minimum atomic E-state index is -0.912. The number of nitrogens with zero attached hydrogens (tertiary/aromatic N) is 4. The molecule has 162 valence electrons. The Hall–Kier alpha value is -4.34. The molecule has 32 heavy (non-hydrogen) atoms. The SMILES string of the molecule is Cc1cc(C)cc(-n2ncc3c(=O)n(CC(=O)NC(=O)Nc4ccccc4F)cnc32)c1. The number of rotatable bonds is 4. The first kappa shape index (κ1) is 20.9. The van der Waals surface area contributed by atoms with E-state index >= 15 is 0 Å². The normalized spacial score (nSPS) is 10.8. The van der Waals surface area contributed by atoms with Gasteiger partial charge in [0.2, 0.25) is 5.91 Å².